The quantitative estimate of drug-likeness (QED) is 0.144. The zero-order chi connectivity index (χ0) is 30.2. The van der Waals surface area contributed by atoms with Gasteiger partial charge in [0.25, 0.3) is 0 Å². The van der Waals surface area contributed by atoms with Crippen molar-refractivity contribution in [2.75, 3.05) is 6.61 Å². The van der Waals surface area contributed by atoms with Gasteiger partial charge in [-0.2, -0.15) is 5.26 Å². The molecule has 0 aliphatic carbocycles. The number of allylic oxidation sites excluding steroid dienone is 3. The Kier molecular flexibility index (Phi) is 11.9. The van der Waals surface area contributed by atoms with Crippen LogP contribution in [0.15, 0.2) is 145 Å². The van der Waals surface area contributed by atoms with Crippen LogP contribution in [0.4, 0.5) is 0 Å². The topological polar surface area (TPSA) is 69.9 Å². The lowest BCUT2D eigenvalue weighted by Gasteiger charge is -2.43. The zero-order valence-corrected chi connectivity index (χ0v) is 24.6. The van der Waals surface area contributed by atoms with Crippen LogP contribution in [-0.2, 0) is 50.1 Å². The van der Waals surface area contributed by atoms with E-state index in [9.17, 15) is 0 Å². The molecule has 0 aromatic heterocycles. The Morgan fingerprint density at radius 2 is 1.05 bits per heavy atom. The van der Waals surface area contributed by atoms with Crippen LogP contribution in [0.3, 0.4) is 0 Å². The predicted octanol–water partition coefficient (Wildman–Crippen LogP) is 7.32. The standard InChI is InChI=1S/C38H37NO5/c39-24-14-13-23-34-36(41-26-31-17-7-2-8-18-31)38(43-28-33-21-11-4-12-22-33)37(42-27-32-19-9-3-10-20-32)35(44-34)29-40-25-30-15-5-1-6-16-30/h1-23,35-38H,25-29H2/b14-13-,34-23-/t35-,36+,37-,38-/m1/s1. The van der Waals surface area contributed by atoms with Crippen molar-refractivity contribution >= 4 is 0 Å². The number of ether oxygens (including phenoxy) is 5. The molecule has 6 heteroatoms. The number of benzene rings is 4. The minimum atomic E-state index is -0.603. The molecule has 0 spiro atoms. The molecule has 0 unspecified atom stereocenters. The Morgan fingerprint density at radius 1 is 0.591 bits per heavy atom. The summed E-state index contributed by atoms with van der Waals surface area (Å²) >= 11 is 0. The highest BCUT2D eigenvalue weighted by molar-refractivity contribution is 5.22. The van der Waals surface area contributed by atoms with Gasteiger partial charge < -0.3 is 23.7 Å². The van der Waals surface area contributed by atoms with Crippen LogP contribution >= 0.6 is 0 Å². The molecule has 5 rings (SSSR count). The first-order valence-electron chi connectivity index (χ1n) is 14.8. The molecule has 1 saturated heterocycles. The smallest absolute Gasteiger partial charge is 0.150 e. The van der Waals surface area contributed by atoms with Gasteiger partial charge in [0.15, 0.2) is 6.10 Å². The van der Waals surface area contributed by atoms with Gasteiger partial charge in [0, 0.05) is 6.08 Å². The number of nitrogens with zero attached hydrogens (tertiary/aromatic N) is 1. The molecule has 6 nitrogen and oxygen atoms in total. The van der Waals surface area contributed by atoms with Crippen molar-refractivity contribution in [3.05, 3.63) is 168 Å². The molecule has 0 radical (unpaired) electrons. The molecule has 1 fully saturated rings. The third-order valence-electron chi connectivity index (χ3n) is 7.22. The molecule has 1 heterocycles. The average Bonchev–Trinajstić information content (AvgIpc) is 3.08. The third-order valence-corrected chi connectivity index (χ3v) is 7.22. The first-order valence-corrected chi connectivity index (χ1v) is 14.8. The van der Waals surface area contributed by atoms with E-state index in [4.69, 9.17) is 28.9 Å². The molecule has 1 aliphatic rings. The normalized spacial score (nSPS) is 20.8. The van der Waals surface area contributed by atoms with Gasteiger partial charge in [-0.1, -0.05) is 121 Å². The highest BCUT2D eigenvalue weighted by atomic mass is 16.6. The van der Waals surface area contributed by atoms with E-state index in [1.165, 1.54) is 6.08 Å². The summed E-state index contributed by atoms with van der Waals surface area (Å²) in [6.45, 7) is 1.78. The Hall–Kier alpha value is -4.51. The Bertz CT molecular complexity index is 1490. The maximum atomic E-state index is 9.17. The van der Waals surface area contributed by atoms with Crippen molar-refractivity contribution < 1.29 is 23.7 Å². The Labute approximate surface area is 259 Å². The van der Waals surface area contributed by atoms with Crippen molar-refractivity contribution in [3.63, 3.8) is 0 Å². The maximum Gasteiger partial charge on any atom is 0.150 e. The minimum Gasteiger partial charge on any atom is -0.487 e. The summed E-state index contributed by atoms with van der Waals surface area (Å²) in [6.07, 6.45) is 2.68. The maximum absolute atomic E-state index is 9.17. The number of rotatable bonds is 14. The van der Waals surface area contributed by atoms with Crippen molar-refractivity contribution in [1.29, 1.82) is 5.26 Å². The monoisotopic (exact) mass is 587 g/mol. The molecular formula is C38H37NO5. The van der Waals surface area contributed by atoms with Gasteiger partial charge in [-0.15, -0.1) is 0 Å². The van der Waals surface area contributed by atoms with Gasteiger partial charge in [0.05, 0.1) is 39.1 Å². The lowest BCUT2D eigenvalue weighted by molar-refractivity contribution is -0.223. The van der Waals surface area contributed by atoms with E-state index < -0.39 is 24.4 Å². The third kappa shape index (κ3) is 9.24. The molecule has 1 aliphatic heterocycles. The summed E-state index contributed by atoms with van der Waals surface area (Å²) in [5, 5.41) is 9.17. The van der Waals surface area contributed by atoms with Gasteiger partial charge in [0.1, 0.15) is 24.1 Å². The second-order valence-electron chi connectivity index (χ2n) is 10.5. The second-order valence-corrected chi connectivity index (χ2v) is 10.5. The van der Waals surface area contributed by atoms with Crippen molar-refractivity contribution in [2.45, 2.75) is 50.8 Å². The fourth-order valence-electron chi connectivity index (χ4n) is 5.03. The summed E-state index contributed by atoms with van der Waals surface area (Å²) in [5.74, 6) is 0.554. The molecule has 0 amide bonds. The molecule has 224 valence electrons. The van der Waals surface area contributed by atoms with E-state index in [2.05, 4.69) is 0 Å². The fourth-order valence-corrected chi connectivity index (χ4v) is 5.03. The number of hydrogen-bond donors (Lipinski definition) is 0. The van der Waals surface area contributed by atoms with E-state index in [1.807, 2.05) is 127 Å². The summed E-state index contributed by atoms with van der Waals surface area (Å²) in [6, 6.07) is 42.1. The van der Waals surface area contributed by atoms with E-state index in [1.54, 1.807) is 12.2 Å². The van der Waals surface area contributed by atoms with Gasteiger partial charge in [-0.3, -0.25) is 0 Å². The van der Waals surface area contributed by atoms with Crippen molar-refractivity contribution in [3.8, 4) is 6.07 Å². The molecule has 0 saturated carbocycles. The zero-order valence-electron chi connectivity index (χ0n) is 24.6. The van der Waals surface area contributed by atoms with Crippen LogP contribution in [0.2, 0.25) is 0 Å². The molecule has 4 atom stereocenters. The van der Waals surface area contributed by atoms with Gasteiger partial charge in [-0.05, 0) is 34.4 Å². The first-order chi connectivity index (χ1) is 21.8. The van der Waals surface area contributed by atoms with E-state index >= 15 is 0 Å². The summed E-state index contributed by atoms with van der Waals surface area (Å²) < 4.78 is 32.7. The molecule has 44 heavy (non-hydrogen) atoms. The first kappa shape index (κ1) is 30.9. The van der Waals surface area contributed by atoms with E-state index in [-0.39, 0.29) is 6.61 Å². The van der Waals surface area contributed by atoms with E-state index in [0.717, 1.165) is 22.3 Å². The summed E-state index contributed by atoms with van der Waals surface area (Å²) in [4.78, 5) is 0. The van der Waals surface area contributed by atoms with Crippen LogP contribution in [-0.4, -0.2) is 31.0 Å². The van der Waals surface area contributed by atoms with Crippen molar-refractivity contribution in [2.24, 2.45) is 0 Å². The lowest BCUT2D eigenvalue weighted by atomic mass is 9.96. The lowest BCUT2D eigenvalue weighted by Crippen LogP contribution is -2.56. The molecule has 4 aromatic rings. The largest absolute Gasteiger partial charge is 0.487 e. The number of nitriles is 1. The molecule has 4 aromatic carbocycles. The fraction of sp³-hybridized carbons (Fsp3) is 0.237. The second kappa shape index (κ2) is 17.0. The minimum absolute atomic E-state index is 0.268. The van der Waals surface area contributed by atoms with Gasteiger partial charge in [0.2, 0.25) is 0 Å². The summed E-state index contributed by atoms with van der Waals surface area (Å²) in [5.41, 5.74) is 4.17. The SMILES string of the molecule is N#C/C=C\C=C1/O[C@H](COCc2ccccc2)[C@@H](OCc2ccccc2)[C@H](OCc2ccccc2)[C@H]1OCc1ccccc1. The van der Waals surface area contributed by atoms with Crippen LogP contribution in [0.25, 0.3) is 0 Å². The summed E-state index contributed by atoms with van der Waals surface area (Å²) in [7, 11) is 0. The van der Waals surface area contributed by atoms with Gasteiger partial charge >= 0.3 is 0 Å². The highest BCUT2D eigenvalue weighted by Crippen LogP contribution is 2.33. The average molecular weight is 588 g/mol. The van der Waals surface area contributed by atoms with Crippen LogP contribution in [0, 0.1) is 11.3 Å². The predicted molar refractivity (Wildman–Crippen MR) is 169 cm³/mol. The Balaban J connectivity index is 1.45. The van der Waals surface area contributed by atoms with Crippen LogP contribution in [0.5, 0.6) is 0 Å². The molecule has 0 N–H and O–H groups in total. The van der Waals surface area contributed by atoms with Crippen molar-refractivity contribution in [1.82, 2.24) is 0 Å². The highest BCUT2D eigenvalue weighted by Gasteiger charge is 2.46. The van der Waals surface area contributed by atoms with Gasteiger partial charge in [-0.25, -0.2) is 0 Å². The number of hydrogen-bond acceptors (Lipinski definition) is 6. The van der Waals surface area contributed by atoms with E-state index in [0.29, 0.717) is 32.2 Å². The molecule has 0 bridgehead atoms. The van der Waals surface area contributed by atoms with Crippen LogP contribution in [0.1, 0.15) is 22.3 Å². The molecular weight excluding hydrogens is 550 g/mol. The van der Waals surface area contributed by atoms with Crippen LogP contribution < -0.4 is 0 Å². The Morgan fingerprint density at radius 3 is 1.55 bits per heavy atom.